The summed E-state index contributed by atoms with van der Waals surface area (Å²) in [6.07, 6.45) is 1.79. The van der Waals surface area contributed by atoms with Gasteiger partial charge in [-0.05, 0) is 54.1 Å². The van der Waals surface area contributed by atoms with Crippen molar-refractivity contribution in [2.45, 2.75) is 0 Å². The number of ether oxygens (including phenoxy) is 2. The Labute approximate surface area is 163 Å². The van der Waals surface area contributed by atoms with Gasteiger partial charge in [-0.15, -0.1) is 0 Å². The number of anilines is 1. The zero-order valence-corrected chi connectivity index (χ0v) is 15.6. The fraction of sp³-hybridized carbons (Fsp3) is 0.286. The number of hydrogen-bond acceptors (Lipinski definition) is 5. The van der Waals surface area contributed by atoms with Gasteiger partial charge in [-0.25, -0.2) is 4.79 Å². The number of morpholine rings is 1. The lowest BCUT2D eigenvalue weighted by molar-refractivity contribution is 0.0322. The molecule has 2 aromatic carbocycles. The molecule has 3 aromatic rings. The van der Waals surface area contributed by atoms with Crippen LogP contribution in [0.5, 0.6) is 5.75 Å². The number of rotatable bonds is 6. The Bertz CT molecular complexity index is 955. The fourth-order valence-corrected chi connectivity index (χ4v) is 3.22. The third kappa shape index (κ3) is 4.27. The van der Waals surface area contributed by atoms with Gasteiger partial charge in [0, 0.05) is 31.5 Å². The van der Waals surface area contributed by atoms with Gasteiger partial charge in [-0.3, -0.25) is 9.47 Å². The van der Waals surface area contributed by atoms with E-state index in [4.69, 9.17) is 15.2 Å². The number of aromatic amines is 1. The zero-order chi connectivity index (χ0) is 19.3. The van der Waals surface area contributed by atoms with Gasteiger partial charge in [-0.1, -0.05) is 0 Å². The standard InChI is InChI=1S/C21H24N4O3/c22-17-3-5-18(6-4-17)25-15-20(23-21(25)26)16-1-7-19(8-2-16)28-14-11-24-9-12-27-13-10-24/h1-8,15H,9-14,22H2,(H,23,26). The number of nitrogen functional groups attached to an aromatic ring is 1. The molecule has 0 amide bonds. The van der Waals surface area contributed by atoms with Crippen LogP contribution in [0.1, 0.15) is 0 Å². The van der Waals surface area contributed by atoms with Crippen LogP contribution in [-0.2, 0) is 4.74 Å². The summed E-state index contributed by atoms with van der Waals surface area (Å²) in [7, 11) is 0. The van der Waals surface area contributed by atoms with E-state index in [-0.39, 0.29) is 5.69 Å². The third-order valence-electron chi connectivity index (χ3n) is 4.84. The number of benzene rings is 2. The SMILES string of the molecule is Nc1ccc(-n2cc(-c3ccc(OCCN4CCOCC4)cc3)[nH]c2=O)cc1. The maximum Gasteiger partial charge on any atom is 0.330 e. The van der Waals surface area contributed by atoms with Crippen LogP contribution in [0.2, 0.25) is 0 Å². The monoisotopic (exact) mass is 380 g/mol. The Kier molecular flexibility index (Phi) is 5.45. The minimum atomic E-state index is -0.189. The Morgan fingerprint density at radius 2 is 1.75 bits per heavy atom. The minimum absolute atomic E-state index is 0.189. The first-order chi connectivity index (χ1) is 13.7. The molecule has 7 heteroatoms. The van der Waals surface area contributed by atoms with Crippen molar-refractivity contribution in [1.29, 1.82) is 0 Å². The van der Waals surface area contributed by atoms with Crippen molar-refractivity contribution < 1.29 is 9.47 Å². The van der Waals surface area contributed by atoms with E-state index in [0.717, 1.165) is 55.5 Å². The number of nitrogens with zero attached hydrogens (tertiary/aromatic N) is 2. The normalized spacial score (nSPS) is 14.9. The van der Waals surface area contributed by atoms with Gasteiger partial charge < -0.3 is 20.2 Å². The highest BCUT2D eigenvalue weighted by Gasteiger charge is 2.10. The molecule has 0 unspecified atom stereocenters. The second kappa shape index (κ2) is 8.33. The molecule has 2 heterocycles. The topological polar surface area (TPSA) is 85.5 Å². The average molecular weight is 380 g/mol. The van der Waals surface area contributed by atoms with Crippen molar-refractivity contribution in [3.8, 4) is 22.7 Å². The summed E-state index contributed by atoms with van der Waals surface area (Å²) in [6.45, 7) is 5.04. The molecule has 1 fully saturated rings. The lowest BCUT2D eigenvalue weighted by Gasteiger charge is -2.26. The van der Waals surface area contributed by atoms with Gasteiger partial charge >= 0.3 is 5.69 Å². The third-order valence-corrected chi connectivity index (χ3v) is 4.84. The van der Waals surface area contributed by atoms with E-state index in [1.165, 1.54) is 0 Å². The first kappa shape index (κ1) is 18.3. The van der Waals surface area contributed by atoms with E-state index >= 15 is 0 Å². The van der Waals surface area contributed by atoms with E-state index < -0.39 is 0 Å². The van der Waals surface area contributed by atoms with Crippen LogP contribution in [-0.4, -0.2) is 53.9 Å². The molecular weight excluding hydrogens is 356 g/mol. The number of aromatic nitrogens is 2. The number of hydrogen-bond donors (Lipinski definition) is 2. The molecule has 0 atom stereocenters. The van der Waals surface area contributed by atoms with E-state index in [1.54, 1.807) is 22.9 Å². The molecule has 1 aliphatic rings. The molecule has 7 nitrogen and oxygen atoms in total. The first-order valence-corrected chi connectivity index (χ1v) is 9.40. The second-order valence-corrected chi connectivity index (χ2v) is 6.76. The summed E-state index contributed by atoms with van der Waals surface area (Å²) >= 11 is 0. The molecule has 1 aromatic heterocycles. The number of nitrogens with two attached hydrogens (primary N) is 1. The lowest BCUT2D eigenvalue weighted by Crippen LogP contribution is -2.38. The quantitative estimate of drug-likeness (QED) is 0.640. The Hall–Kier alpha value is -3.03. The Morgan fingerprint density at radius 3 is 2.46 bits per heavy atom. The summed E-state index contributed by atoms with van der Waals surface area (Å²) in [5.74, 6) is 0.817. The van der Waals surface area contributed by atoms with Crippen LogP contribution in [0.4, 0.5) is 5.69 Å². The van der Waals surface area contributed by atoms with Gasteiger partial charge in [0.15, 0.2) is 0 Å². The van der Waals surface area contributed by atoms with E-state index in [0.29, 0.717) is 12.3 Å². The molecule has 3 N–H and O–H groups in total. The molecule has 28 heavy (non-hydrogen) atoms. The molecule has 0 aliphatic carbocycles. The van der Waals surface area contributed by atoms with Crippen LogP contribution in [0.15, 0.2) is 59.5 Å². The van der Waals surface area contributed by atoms with Gasteiger partial charge in [-0.2, -0.15) is 0 Å². The average Bonchev–Trinajstić information content (AvgIpc) is 3.11. The molecule has 0 spiro atoms. The Balaban J connectivity index is 1.40. The fourth-order valence-electron chi connectivity index (χ4n) is 3.22. The summed E-state index contributed by atoms with van der Waals surface area (Å²) < 4.78 is 12.8. The van der Waals surface area contributed by atoms with Crippen molar-refractivity contribution in [3.05, 3.63) is 65.2 Å². The molecule has 1 aliphatic heterocycles. The van der Waals surface area contributed by atoms with Crippen molar-refractivity contribution in [2.24, 2.45) is 0 Å². The highest BCUT2D eigenvalue weighted by Crippen LogP contribution is 2.21. The zero-order valence-electron chi connectivity index (χ0n) is 15.6. The molecule has 1 saturated heterocycles. The van der Waals surface area contributed by atoms with Crippen LogP contribution in [0.3, 0.4) is 0 Å². The van der Waals surface area contributed by atoms with E-state index in [9.17, 15) is 4.79 Å². The van der Waals surface area contributed by atoms with Gasteiger partial charge in [0.05, 0.1) is 24.6 Å². The number of nitrogens with one attached hydrogen (secondary N) is 1. The van der Waals surface area contributed by atoms with E-state index in [2.05, 4.69) is 9.88 Å². The van der Waals surface area contributed by atoms with Gasteiger partial charge in [0.25, 0.3) is 0 Å². The molecule has 0 bridgehead atoms. The first-order valence-electron chi connectivity index (χ1n) is 9.40. The second-order valence-electron chi connectivity index (χ2n) is 6.76. The van der Waals surface area contributed by atoms with Crippen LogP contribution >= 0.6 is 0 Å². The van der Waals surface area contributed by atoms with Crippen molar-refractivity contribution in [1.82, 2.24) is 14.5 Å². The lowest BCUT2D eigenvalue weighted by atomic mass is 10.1. The highest BCUT2D eigenvalue weighted by molar-refractivity contribution is 5.60. The van der Waals surface area contributed by atoms with Gasteiger partial charge in [0.1, 0.15) is 12.4 Å². The molecular formula is C21H24N4O3. The maximum atomic E-state index is 12.3. The van der Waals surface area contributed by atoms with Crippen molar-refractivity contribution >= 4 is 5.69 Å². The summed E-state index contributed by atoms with van der Waals surface area (Å²) in [6, 6.07) is 14.9. The smallest absolute Gasteiger partial charge is 0.330 e. The van der Waals surface area contributed by atoms with Crippen LogP contribution < -0.4 is 16.2 Å². The molecule has 0 radical (unpaired) electrons. The van der Waals surface area contributed by atoms with Crippen LogP contribution in [0, 0.1) is 0 Å². The van der Waals surface area contributed by atoms with E-state index in [1.807, 2.05) is 36.4 Å². The van der Waals surface area contributed by atoms with Crippen LogP contribution in [0.25, 0.3) is 16.9 Å². The summed E-state index contributed by atoms with van der Waals surface area (Å²) in [5, 5.41) is 0. The minimum Gasteiger partial charge on any atom is -0.492 e. The van der Waals surface area contributed by atoms with Crippen molar-refractivity contribution in [2.75, 3.05) is 45.2 Å². The maximum absolute atomic E-state index is 12.3. The van der Waals surface area contributed by atoms with Gasteiger partial charge in [0.2, 0.25) is 0 Å². The molecule has 4 rings (SSSR count). The predicted octanol–water partition coefficient (Wildman–Crippen LogP) is 2.13. The highest BCUT2D eigenvalue weighted by atomic mass is 16.5. The van der Waals surface area contributed by atoms with Crippen molar-refractivity contribution in [3.63, 3.8) is 0 Å². The predicted molar refractivity (Wildman–Crippen MR) is 109 cm³/mol. The largest absolute Gasteiger partial charge is 0.492 e. The number of H-pyrrole nitrogens is 1. The number of imidazole rings is 1. The molecule has 146 valence electrons. The Morgan fingerprint density at radius 1 is 1.04 bits per heavy atom. The summed E-state index contributed by atoms with van der Waals surface area (Å²) in [5.41, 5.74) is 8.63. The molecule has 0 saturated carbocycles. The summed E-state index contributed by atoms with van der Waals surface area (Å²) in [4.78, 5) is 17.5.